The Labute approximate surface area is 568 Å². The Morgan fingerprint density at radius 3 is 0.763 bits per heavy atom. The van der Waals surface area contributed by atoms with E-state index in [1.165, 1.54) is 167 Å². The van der Waals surface area contributed by atoms with Crippen LogP contribution in [0.5, 0.6) is 0 Å². The predicted octanol–water partition coefficient (Wildman–Crippen LogP) is 21.3. The molecule has 0 aliphatic heterocycles. The van der Waals surface area contributed by atoms with Crippen LogP contribution in [0.4, 0.5) is 0 Å². The van der Waals surface area contributed by atoms with Gasteiger partial charge < -0.3 is 33.8 Å². The third kappa shape index (κ3) is 67.0. The Balaban J connectivity index is 5.26. The number of unbranched alkanes of at least 4 members (excludes halogenated alkanes) is 36. The molecule has 0 bridgehead atoms. The highest BCUT2D eigenvalue weighted by molar-refractivity contribution is 7.47. The van der Waals surface area contributed by atoms with Crippen LogP contribution in [0.25, 0.3) is 0 Å². The third-order valence-electron chi connectivity index (χ3n) is 17.4. The van der Waals surface area contributed by atoms with E-state index in [0.29, 0.717) is 25.7 Å². The lowest BCUT2D eigenvalue weighted by Gasteiger charge is -2.21. The maximum absolute atomic E-state index is 13.1. The van der Waals surface area contributed by atoms with Gasteiger partial charge in [-0.2, -0.15) is 0 Å². The summed E-state index contributed by atoms with van der Waals surface area (Å²) >= 11 is 0. The van der Waals surface area contributed by atoms with E-state index in [1.54, 1.807) is 0 Å². The van der Waals surface area contributed by atoms with Crippen molar-refractivity contribution >= 4 is 39.5 Å². The molecule has 0 amide bonds. The molecule has 0 aliphatic carbocycles. The molecule has 3 N–H and O–H groups in total. The summed E-state index contributed by atoms with van der Waals surface area (Å²) in [5, 5.41) is 10.6. The molecule has 6 atom stereocenters. The molecular formula is C74H144O17P2. The molecule has 19 heteroatoms. The van der Waals surface area contributed by atoms with E-state index in [1.807, 2.05) is 0 Å². The monoisotopic (exact) mass is 1370 g/mol. The summed E-state index contributed by atoms with van der Waals surface area (Å²) in [5.74, 6) is 0.920. The molecule has 0 heterocycles. The molecule has 552 valence electrons. The quantitative estimate of drug-likeness (QED) is 0.0222. The number of ether oxygens (including phenoxy) is 4. The number of aliphatic hydroxyl groups excluding tert-OH is 1. The first-order valence-electron chi connectivity index (χ1n) is 38.2. The summed E-state index contributed by atoms with van der Waals surface area (Å²) in [6, 6.07) is 0. The lowest BCUT2D eigenvalue weighted by atomic mass is 10.00. The van der Waals surface area contributed by atoms with E-state index >= 15 is 0 Å². The molecule has 0 rings (SSSR count). The SMILES string of the molecule is CCC(C)CCCCCCCCC(=O)OC[C@H](COP(=O)(O)OC[C@H](O)COP(=O)(O)OC[C@@H](COC(=O)CCCCCCCCCCCCCCC(C)C)OC(=O)CCCCCCCCCCCCCC(C)C)OC(=O)CCCCCCCCCCCCCC(C)C. The van der Waals surface area contributed by atoms with Gasteiger partial charge >= 0.3 is 39.5 Å². The van der Waals surface area contributed by atoms with Gasteiger partial charge in [-0.3, -0.25) is 37.3 Å². The molecule has 0 fully saturated rings. The number of hydrogen-bond donors (Lipinski definition) is 3. The van der Waals surface area contributed by atoms with Crippen molar-refractivity contribution in [3.63, 3.8) is 0 Å². The lowest BCUT2D eigenvalue weighted by Crippen LogP contribution is -2.30. The normalized spacial score (nSPS) is 14.5. The van der Waals surface area contributed by atoms with Crippen LogP contribution in [0.3, 0.4) is 0 Å². The zero-order valence-corrected chi connectivity index (χ0v) is 62.7. The maximum Gasteiger partial charge on any atom is 0.472 e. The highest BCUT2D eigenvalue weighted by Gasteiger charge is 2.30. The Morgan fingerprint density at radius 1 is 0.301 bits per heavy atom. The zero-order chi connectivity index (χ0) is 68.9. The summed E-state index contributed by atoms with van der Waals surface area (Å²) in [5.41, 5.74) is 0. The number of rotatable bonds is 71. The fraction of sp³-hybridized carbons (Fsp3) is 0.946. The van der Waals surface area contributed by atoms with Gasteiger partial charge in [-0.05, 0) is 49.4 Å². The number of carbonyl (C=O) groups is 4. The second-order valence-electron chi connectivity index (χ2n) is 28.4. The largest absolute Gasteiger partial charge is 0.472 e. The molecule has 0 saturated carbocycles. The number of hydrogen-bond acceptors (Lipinski definition) is 15. The average molecular weight is 1370 g/mol. The molecule has 0 spiro atoms. The van der Waals surface area contributed by atoms with Crippen LogP contribution >= 0.6 is 15.6 Å². The van der Waals surface area contributed by atoms with Crippen LogP contribution in [0.15, 0.2) is 0 Å². The Morgan fingerprint density at radius 2 is 0.516 bits per heavy atom. The lowest BCUT2D eigenvalue weighted by molar-refractivity contribution is -0.161. The second kappa shape index (κ2) is 63.5. The smallest absolute Gasteiger partial charge is 0.462 e. The first kappa shape index (κ1) is 91.1. The summed E-state index contributed by atoms with van der Waals surface area (Å²) in [7, 11) is -9.91. The Hall–Kier alpha value is -1.94. The van der Waals surface area contributed by atoms with E-state index < -0.39 is 97.5 Å². The van der Waals surface area contributed by atoms with E-state index in [4.69, 9.17) is 37.0 Å². The van der Waals surface area contributed by atoms with Crippen LogP contribution in [0.2, 0.25) is 0 Å². The fourth-order valence-electron chi connectivity index (χ4n) is 11.2. The summed E-state index contributed by atoms with van der Waals surface area (Å²) in [6.45, 7) is 14.2. The fourth-order valence-corrected chi connectivity index (χ4v) is 12.7. The van der Waals surface area contributed by atoms with E-state index in [2.05, 4.69) is 55.4 Å². The summed E-state index contributed by atoms with van der Waals surface area (Å²) in [4.78, 5) is 72.7. The van der Waals surface area contributed by atoms with E-state index in [0.717, 1.165) is 120 Å². The Bertz CT molecular complexity index is 1840. The van der Waals surface area contributed by atoms with Crippen molar-refractivity contribution in [1.29, 1.82) is 0 Å². The number of phosphoric acid groups is 2. The molecule has 3 unspecified atom stereocenters. The number of carbonyl (C=O) groups excluding carboxylic acids is 4. The van der Waals surface area contributed by atoms with Gasteiger partial charge in [0.25, 0.3) is 0 Å². The highest BCUT2D eigenvalue weighted by atomic mass is 31.2. The molecule has 0 aromatic carbocycles. The molecular weight excluding hydrogens is 1220 g/mol. The third-order valence-corrected chi connectivity index (χ3v) is 19.3. The summed E-state index contributed by atoms with van der Waals surface area (Å²) in [6.07, 6.45) is 47.1. The minimum absolute atomic E-state index is 0.105. The number of phosphoric ester groups is 2. The van der Waals surface area contributed by atoms with E-state index in [-0.39, 0.29) is 25.7 Å². The minimum Gasteiger partial charge on any atom is -0.462 e. The van der Waals surface area contributed by atoms with Crippen LogP contribution in [0, 0.1) is 23.7 Å². The van der Waals surface area contributed by atoms with Gasteiger partial charge in [0.15, 0.2) is 12.2 Å². The van der Waals surface area contributed by atoms with Gasteiger partial charge in [0.05, 0.1) is 26.4 Å². The molecule has 0 saturated heterocycles. The topological polar surface area (TPSA) is 237 Å². The minimum atomic E-state index is -4.96. The first-order valence-corrected chi connectivity index (χ1v) is 41.2. The number of aliphatic hydroxyl groups is 1. The van der Waals surface area contributed by atoms with Crippen molar-refractivity contribution in [2.75, 3.05) is 39.6 Å². The second-order valence-corrected chi connectivity index (χ2v) is 31.3. The van der Waals surface area contributed by atoms with Gasteiger partial charge in [-0.15, -0.1) is 0 Å². The van der Waals surface area contributed by atoms with E-state index in [9.17, 15) is 43.2 Å². The van der Waals surface area contributed by atoms with Crippen molar-refractivity contribution in [2.45, 2.75) is 388 Å². The predicted molar refractivity (Wildman–Crippen MR) is 377 cm³/mol. The molecule has 0 aromatic rings. The van der Waals surface area contributed by atoms with Crippen molar-refractivity contribution in [3.05, 3.63) is 0 Å². The molecule has 0 radical (unpaired) electrons. The van der Waals surface area contributed by atoms with Gasteiger partial charge in [0, 0.05) is 25.7 Å². The number of esters is 4. The maximum atomic E-state index is 13.1. The van der Waals surface area contributed by atoms with Crippen LogP contribution in [-0.4, -0.2) is 96.7 Å². The molecule has 93 heavy (non-hydrogen) atoms. The highest BCUT2D eigenvalue weighted by Crippen LogP contribution is 2.45. The average Bonchev–Trinajstić information content (AvgIpc) is 2.73. The van der Waals surface area contributed by atoms with Gasteiger partial charge in [-0.1, -0.05) is 319 Å². The van der Waals surface area contributed by atoms with Crippen molar-refractivity contribution in [1.82, 2.24) is 0 Å². The van der Waals surface area contributed by atoms with Crippen LogP contribution in [0.1, 0.15) is 370 Å². The first-order chi connectivity index (χ1) is 44.6. The molecule has 0 aliphatic rings. The van der Waals surface area contributed by atoms with Gasteiger partial charge in [0.1, 0.15) is 19.3 Å². The van der Waals surface area contributed by atoms with Crippen LogP contribution < -0.4 is 0 Å². The molecule has 17 nitrogen and oxygen atoms in total. The zero-order valence-electron chi connectivity index (χ0n) is 60.9. The molecule has 0 aromatic heterocycles. The van der Waals surface area contributed by atoms with Crippen molar-refractivity contribution < 1.29 is 80.2 Å². The standard InChI is InChI=1S/C74H144O17P2/c1-9-67(8)53-45-37-32-33-39-47-55-72(77)85-61-70(91-74(79)57-49-41-31-25-19-13-16-22-28-36-44-52-66(6)7)63-89-93(82,83)87-59-68(75)58-86-92(80,81)88-62-69(90-73(78)56-48-40-30-24-18-12-15-21-27-35-43-51-65(4)5)60-84-71(76)54-46-38-29-23-17-11-10-14-20-26-34-42-50-64(2)3/h64-70,75H,9-63H2,1-8H3,(H,80,81)(H,82,83)/t67?,68-,69-,70-/m1/s1. The van der Waals surface area contributed by atoms with Gasteiger partial charge in [0.2, 0.25) is 0 Å². The van der Waals surface area contributed by atoms with Crippen molar-refractivity contribution in [2.24, 2.45) is 23.7 Å². The van der Waals surface area contributed by atoms with Crippen LogP contribution in [-0.2, 0) is 65.4 Å². The van der Waals surface area contributed by atoms with Crippen molar-refractivity contribution in [3.8, 4) is 0 Å². The van der Waals surface area contributed by atoms with Gasteiger partial charge in [-0.25, -0.2) is 9.13 Å². The Kier molecular flexibility index (Phi) is 62.2. The summed E-state index contributed by atoms with van der Waals surface area (Å²) < 4.78 is 68.5.